The summed E-state index contributed by atoms with van der Waals surface area (Å²) >= 11 is 3.36. The zero-order chi connectivity index (χ0) is 15.0. The molecule has 0 aliphatic carbocycles. The van der Waals surface area contributed by atoms with E-state index >= 15 is 0 Å². The van der Waals surface area contributed by atoms with Gasteiger partial charge in [0.05, 0.1) is 6.61 Å². The molecule has 0 unspecified atom stereocenters. The van der Waals surface area contributed by atoms with Crippen LogP contribution in [-0.4, -0.2) is 24.4 Å². The Morgan fingerprint density at radius 2 is 2.10 bits per heavy atom. The maximum Gasteiger partial charge on any atom is 0.441 e. The van der Waals surface area contributed by atoms with Crippen molar-refractivity contribution < 1.29 is 17.9 Å². The van der Waals surface area contributed by atoms with Crippen molar-refractivity contribution in [3.63, 3.8) is 0 Å². The first-order valence-electron chi connectivity index (χ1n) is 6.25. The van der Waals surface area contributed by atoms with E-state index in [1.54, 1.807) is 0 Å². The zero-order valence-corrected chi connectivity index (χ0v) is 13.5. The Labute approximate surface area is 129 Å². The molecule has 1 rings (SSSR count). The van der Waals surface area contributed by atoms with E-state index in [-0.39, 0.29) is 17.5 Å². The highest BCUT2D eigenvalue weighted by Gasteiger charge is 2.27. The van der Waals surface area contributed by atoms with Crippen LogP contribution in [0, 0.1) is 0 Å². The minimum atomic E-state index is -4.16. The molecule has 1 aromatic rings. The lowest BCUT2D eigenvalue weighted by molar-refractivity contribution is -0.0327. The monoisotopic (exact) mass is 371 g/mol. The van der Waals surface area contributed by atoms with Crippen molar-refractivity contribution in [1.82, 2.24) is 5.32 Å². The molecule has 0 saturated carbocycles. The third kappa shape index (κ3) is 7.40. The number of rotatable bonds is 8. The van der Waals surface area contributed by atoms with Gasteiger partial charge in [-0.1, -0.05) is 22.9 Å². The first-order chi connectivity index (χ1) is 9.42. The molecular weight excluding hydrogens is 355 g/mol. The van der Waals surface area contributed by atoms with E-state index in [0.717, 1.165) is 22.2 Å². The molecule has 0 saturated heterocycles. The van der Waals surface area contributed by atoms with Gasteiger partial charge in [0.25, 0.3) is 0 Å². The molecule has 0 aliphatic rings. The predicted molar refractivity (Wildman–Crippen MR) is 80.1 cm³/mol. The molecule has 1 N–H and O–H groups in total. The van der Waals surface area contributed by atoms with Crippen molar-refractivity contribution in [2.75, 3.05) is 18.9 Å². The molecule has 0 spiro atoms. The number of ether oxygens (including phenoxy) is 1. The Morgan fingerprint density at radius 1 is 1.35 bits per heavy atom. The molecule has 0 fully saturated rings. The van der Waals surface area contributed by atoms with E-state index in [9.17, 15) is 13.2 Å². The number of hydrogen-bond donors (Lipinski definition) is 1. The Kier molecular flexibility index (Phi) is 7.76. The summed E-state index contributed by atoms with van der Waals surface area (Å²) in [5.41, 5.74) is -3.22. The smallest absolute Gasteiger partial charge is 0.441 e. The lowest BCUT2D eigenvalue weighted by atomic mass is 10.2. The largest absolute Gasteiger partial charge is 0.493 e. The number of halogens is 4. The Morgan fingerprint density at radius 3 is 2.75 bits per heavy atom. The summed E-state index contributed by atoms with van der Waals surface area (Å²) in [5, 5.41) is 3.00. The molecule has 0 aromatic heterocycles. The normalized spacial score (nSPS) is 11.7. The molecule has 114 valence electrons. The van der Waals surface area contributed by atoms with E-state index in [1.165, 1.54) is 0 Å². The highest BCUT2D eigenvalue weighted by atomic mass is 79.9. The van der Waals surface area contributed by atoms with Gasteiger partial charge in [0.1, 0.15) is 5.75 Å². The van der Waals surface area contributed by atoms with E-state index in [1.807, 2.05) is 25.1 Å². The van der Waals surface area contributed by atoms with Crippen molar-refractivity contribution in [2.45, 2.75) is 25.4 Å². The summed E-state index contributed by atoms with van der Waals surface area (Å²) in [6, 6.07) is 5.66. The highest BCUT2D eigenvalue weighted by molar-refractivity contribution is 9.10. The molecule has 0 atom stereocenters. The molecule has 0 heterocycles. The Balaban J connectivity index is 2.43. The molecule has 1 aromatic carbocycles. The molecular formula is C13H17BrF3NOS. The molecule has 20 heavy (non-hydrogen) atoms. The van der Waals surface area contributed by atoms with Crippen LogP contribution in [0.4, 0.5) is 13.2 Å². The fourth-order valence-electron chi connectivity index (χ4n) is 1.50. The van der Waals surface area contributed by atoms with Crippen LogP contribution < -0.4 is 10.1 Å². The standard InChI is InChI=1S/C13H17BrF3NOS/c1-2-6-19-12-4-3-11(14)8-10(12)9-18-5-7-20-13(15,16)17/h3-4,8,18H,2,5-7,9H2,1H3. The van der Waals surface area contributed by atoms with Crippen molar-refractivity contribution in [3.05, 3.63) is 28.2 Å². The summed E-state index contributed by atoms with van der Waals surface area (Å²) in [7, 11) is 0. The first kappa shape index (κ1) is 17.7. The van der Waals surface area contributed by atoms with Crippen LogP contribution >= 0.6 is 27.7 Å². The Bertz CT molecular complexity index is 415. The number of thioether (sulfide) groups is 1. The van der Waals surface area contributed by atoms with Crippen LogP contribution in [0.25, 0.3) is 0 Å². The van der Waals surface area contributed by atoms with Crippen molar-refractivity contribution in [1.29, 1.82) is 0 Å². The number of hydrogen-bond acceptors (Lipinski definition) is 3. The van der Waals surface area contributed by atoms with E-state index in [0.29, 0.717) is 19.7 Å². The summed E-state index contributed by atoms with van der Waals surface area (Å²) in [5.74, 6) is 0.772. The van der Waals surface area contributed by atoms with Crippen LogP contribution in [0.5, 0.6) is 5.75 Å². The van der Waals surface area contributed by atoms with Gasteiger partial charge in [-0.15, -0.1) is 0 Å². The first-order valence-corrected chi connectivity index (χ1v) is 8.03. The number of alkyl halides is 3. The maximum atomic E-state index is 12.0. The Hall–Kier alpha value is -0.400. The van der Waals surface area contributed by atoms with Gasteiger partial charge in [-0.25, -0.2) is 0 Å². The lowest BCUT2D eigenvalue weighted by Gasteiger charge is -2.12. The van der Waals surface area contributed by atoms with Gasteiger partial charge >= 0.3 is 5.51 Å². The quantitative estimate of drug-likeness (QED) is 0.675. The van der Waals surface area contributed by atoms with Crippen LogP contribution in [0.3, 0.4) is 0 Å². The van der Waals surface area contributed by atoms with Crippen LogP contribution in [-0.2, 0) is 6.54 Å². The van der Waals surface area contributed by atoms with E-state index in [2.05, 4.69) is 21.2 Å². The lowest BCUT2D eigenvalue weighted by Crippen LogP contribution is -2.19. The average molecular weight is 372 g/mol. The minimum Gasteiger partial charge on any atom is -0.493 e. The van der Waals surface area contributed by atoms with Crippen molar-refractivity contribution in [2.24, 2.45) is 0 Å². The second-order valence-corrected chi connectivity index (χ2v) is 6.15. The third-order valence-corrected chi connectivity index (χ3v) is 3.57. The molecule has 0 amide bonds. The van der Waals surface area contributed by atoms with Gasteiger partial charge in [0, 0.05) is 28.9 Å². The second-order valence-electron chi connectivity index (χ2n) is 4.07. The SMILES string of the molecule is CCCOc1ccc(Br)cc1CNCCSC(F)(F)F. The van der Waals surface area contributed by atoms with E-state index < -0.39 is 5.51 Å². The summed E-state index contributed by atoms with van der Waals surface area (Å²) in [6.45, 7) is 3.42. The second kappa shape index (κ2) is 8.79. The summed E-state index contributed by atoms with van der Waals surface area (Å²) in [4.78, 5) is 0. The van der Waals surface area contributed by atoms with Gasteiger partial charge in [-0.2, -0.15) is 13.2 Å². The predicted octanol–water partition coefficient (Wildman–Crippen LogP) is 4.58. The van der Waals surface area contributed by atoms with Gasteiger partial charge in [0.2, 0.25) is 0 Å². The van der Waals surface area contributed by atoms with Gasteiger partial charge in [-0.3, -0.25) is 0 Å². The minimum absolute atomic E-state index is 0.00263. The van der Waals surface area contributed by atoms with Crippen molar-refractivity contribution in [3.8, 4) is 5.75 Å². The molecule has 0 aliphatic heterocycles. The fraction of sp³-hybridized carbons (Fsp3) is 0.538. The third-order valence-electron chi connectivity index (χ3n) is 2.34. The topological polar surface area (TPSA) is 21.3 Å². The number of nitrogens with one attached hydrogen (secondary N) is 1. The van der Waals surface area contributed by atoms with E-state index in [4.69, 9.17) is 4.74 Å². The number of benzene rings is 1. The van der Waals surface area contributed by atoms with Crippen LogP contribution in [0.1, 0.15) is 18.9 Å². The molecule has 2 nitrogen and oxygen atoms in total. The van der Waals surface area contributed by atoms with Crippen LogP contribution in [0.15, 0.2) is 22.7 Å². The summed E-state index contributed by atoms with van der Waals surface area (Å²) in [6.07, 6.45) is 0.908. The van der Waals surface area contributed by atoms with Crippen LogP contribution in [0.2, 0.25) is 0 Å². The van der Waals surface area contributed by atoms with Gasteiger partial charge < -0.3 is 10.1 Å². The molecule has 0 radical (unpaired) electrons. The molecule has 7 heteroatoms. The zero-order valence-electron chi connectivity index (χ0n) is 11.1. The molecule has 0 bridgehead atoms. The van der Waals surface area contributed by atoms with Crippen molar-refractivity contribution >= 4 is 27.7 Å². The summed E-state index contributed by atoms with van der Waals surface area (Å²) < 4.78 is 42.4. The average Bonchev–Trinajstić information content (AvgIpc) is 2.36. The van der Waals surface area contributed by atoms with Gasteiger partial charge in [-0.05, 0) is 36.4 Å². The van der Waals surface area contributed by atoms with Gasteiger partial charge in [0.15, 0.2) is 0 Å². The highest BCUT2D eigenvalue weighted by Crippen LogP contribution is 2.29. The maximum absolute atomic E-state index is 12.0. The fourth-order valence-corrected chi connectivity index (χ4v) is 2.39.